The standard InChI is InChI=1S/C39H61NO9S/c1-34(2)17-19-39(33(45)48-24-31(42)43)20-18-37(6)25(26(39)23-34)9-10-28-36(5)15-14-29(35(3,4)27(36)13-16-38(28,37)7)49-32(44)12-11-30(41)40-21-22-50(8,46)47/h9,26-29H,10-24H2,1-8H3,(H,40,41)(H,42,43)/t26-,27-,28+,29-,36-,37+,38+,39-/m0/s1. The third-order valence-corrected chi connectivity index (χ3v) is 15.9. The minimum absolute atomic E-state index is 0.00507. The number of aliphatic carboxylic acids is 1. The molecule has 0 aromatic heterocycles. The van der Waals surface area contributed by atoms with Crippen LogP contribution in [0.2, 0.25) is 0 Å². The molecule has 5 aliphatic carbocycles. The maximum absolute atomic E-state index is 13.8. The van der Waals surface area contributed by atoms with Crippen molar-refractivity contribution in [2.75, 3.05) is 25.2 Å². The van der Waals surface area contributed by atoms with Gasteiger partial charge >= 0.3 is 17.9 Å². The Bertz CT molecular complexity index is 1530. The second kappa shape index (κ2) is 13.2. The molecule has 5 aliphatic rings. The highest BCUT2D eigenvalue weighted by Crippen LogP contribution is 2.76. The maximum atomic E-state index is 13.8. The molecule has 11 heteroatoms. The van der Waals surface area contributed by atoms with Gasteiger partial charge in [0.15, 0.2) is 6.61 Å². The zero-order chi connectivity index (χ0) is 37.1. The lowest BCUT2D eigenvalue weighted by molar-refractivity contribution is -0.214. The smallest absolute Gasteiger partial charge is 0.341 e. The third-order valence-electron chi connectivity index (χ3n) is 14.9. The second-order valence-corrected chi connectivity index (χ2v) is 20.9. The van der Waals surface area contributed by atoms with Gasteiger partial charge in [0.1, 0.15) is 15.9 Å². The number of carbonyl (C=O) groups is 4. The van der Waals surface area contributed by atoms with Gasteiger partial charge in [-0.05, 0) is 104 Å². The van der Waals surface area contributed by atoms with Crippen LogP contribution in [0.15, 0.2) is 11.6 Å². The van der Waals surface area contributed by atoms with E-state index >= 15 is 0 Å². The molecule has 0 unspecified atom stereocenters. The van der Waals surface area contributed by atoms with Gasteiger partial charge in [0, 0.05) is 24.6 Å². The number of fused-ring (bicyclic) bond motifs is 7. The molecular weight excluding hydrogens is 658 g/mol. The Labute approximate surface area is 299 Å². The fraction of sp³-hybridized carbons (Fsp3) is 0.846. The van der Waals surface area contributed by atoms with Gasteiger partial charge in [0.2, 0.25) is 5.91 Å². The molecule has 1 amide bonds. The van der Waals surface area contributed by atoms with Gasteiger partial charge in [-0.1, -0.05) is 60.1 Å². The van der Waals surface area contributed by atoms with Crippen molar-refractivity contribution < 1.29 is 42.2 Å². The molecule has 2 N–H and O–H groups in total. The first-order chi connectivity index (χ1) is 23.0. The van der Waals surface area contributed by atoms with Crippen molar-refractivity contribution >= 4 is 33.7 Å². The summed E-state index contributed by atoms with van der Waals surface area (Å²) in [4.78, 5) is 50.4. The number of esters is 2. The molecule has 5 rings (SSSR count). The van der Waals surface area contributed by atoms with Gasteiger partial charge in [0.05, 0.1) is 17.6 Å². The summed E-state index contributed by atoms with van der Waals surface area (Å²) < 4.78 is 34.3. The number of amides is 1. The Morgan fingerprint density at radius 1 is 0.900 bits per heavy atom. The van der Waals surface area contributed by atoms with Gasteiger partial charge in [-0.3, -0.25) is 14.4 Å². The Balaban J connectivity index is 1.33. The summed E-state index contributed by atoms with van der Waals surface area (Å²) >= 11 is 0. The van der Waals surface area contributed by atoms with E-state index in [0.717, 1.165) is 64.0 Å². The SMILES string of the molecule is CC1(C)CC[C@]2(C(=O)OCC(=O)O)CC[C@]3(C)C(=CC[C@@H]4[C@@]5(C)CC[C@H](OC(=O)CCC(=O)NCCS(C)(=O)=O)C(C)(C)[C@@H]5CC[C@]43C)[C@@H]2C1. The van der Waals surface area contributed by atoms with Crippen LogP contribution in [0.3, 0.4) is 0 Å². The van der Waals surface area contributed by atoms with Crippen LogP contribution in [-0.2, 0) is 38.5 Å². The van der Waals surface area contributed by atoms with Gasteiger partial charge < -0.3 is 19.9 Å². The molecule has 0 bridgehead atoms. The van der Waals surface area contributed by atoms with Gasteiger partial charge in [-0.2, -0.15) is 0 Å². The van der Waals surface area contributed by atoms with Crippen molar-refractivity contribution in [1.82, 2.24) is 5.32 Å². The van der Waals surface area contributed by atoms with E-state index in [9.17, 15) is 32.7 Å². The van der Waals surface area contributed by atoms with E-state index in [1.807, 2.05) is 0 Å². The summed E-state index contributed by atoms with van der Waals surface area (Å²) in [6, 6.07) is 0. The molecule has 8 atom stereocenters. The molecular formula is C39H61NO9S. The summed E-state index contributed by atoms with van der Waals surface area (Å²) in [5.74, 6) is -1.59. The van der Waals surface area contributed by atoms with Gasteiger partial charge in [-0.25, -0.2) is 13.2 Å². The number of rotatable bonds is 10. The number of carboxylic acid groups (broad SMARTS) is 1. The van der Waals surface area contributed by atoms with Crippen LogP contribution in [0.5, 0.6) is 0 Å². The molecule has 0 saturated heterocycles. The fourth-order valence-corrected chi connectivity index (χ4v) is 12.4. The molecule has 4 saturated carbocycles. The van der Waals surface area contributed by atoms with Crippen LogP contribution < -0.4 is 5.32 Å². The number of nitrogens with one attached hydrogen (secondary N) is 1. The predicted octanol–water partition coefficient (Wildman–Crippen LogP) is 6.27. The highest BCUT2D eigenvalue weighted by atomic mass is 32.2. The first-order valence-corrected chi connectivity index (χ1v) is 20.8. The summed E-state index contributed by atoms with van der Waals surface area (Å²) in [6.07, 6.45) is 12.0. The number of allylic oxidation sites excluding steroid dienone is 2. The van der Waals surface area contributed by atoms with Crippen molar-refractivity contribution in [1.29, 1.82) is 0 Å². The normalized spacial score (nSPS) is 38.5. The van der Waals surface area contributed by atoms with Crippen molar-refractivity contribution in [2.24, 2.45) is 50.2 Å². The summed E-state index contributed by atoms with van der Waals surface area (Å²) in [7, 11) is -3.18. The van der Waals surface area contributed by atoms with Gasteiger partial charge in [-0.15, -0.1) is 0 Å². The highest BCUT2D eigenvalue weighted by molar-refractivity contribution is 7.90. The van der Waals surface area contributed by atoms with Crippen molar-refractivity contribution in [3.05, 3.63) is 11.6 Å². The summed E-state index contributed by atoms with van der Waals surface area (Å²) in [5.41, 5.74) is 0.441. The number of hydrogen-bond donors (Lipinski definition) is 2. The van der Waals surface area contributed by atoms with Crippen molar-refractivity contribution in [2.45, 2.75) is 132 Å². The predicted molar refractivity (Wildman–Crippen MR) is 189 cm³/mol. The number of ether oxygens (including phenoxy) is 2. The van der Waals surface area contributed by atoms with E-state index in [2.05, 4.69) is 59.9 Å². The van der Waals surface area contributed by atoms with E-state index in [0.29, 0.717) is 18.3 Å². The van der Waals surface area contributed by atoms with Gasteiger partial charge in [0.25, 0.3) is 0 Å². The number of hydrogen-bond acceptors (Lipinski definition) is 8. The lowest BCUT2D eigenvalue weighted by Crippen LogP contribution is -2.65. The van der Waals surface area contributed by atoms with Crippen LogP contribution in [0.25, 0.3) is 0 Å². The monoisotopic (exact) mass is 719 g/mol. The van der Waals surface area contributed by atoms with Crippen LogP contribution in [0.1, 0.15) is 126 Å². The number of carboxylic acids is 1. The Morgan fingerprint density at radius 2 is 1.58 bits per heavy atom. The Hall–Kier alpha value is -2.43. The minimum atomic E-state index is -3.18. The summed E-state index contributed by atoms with van der Waals surface area (Å²) in [6.45, 7) is 15.9. The van der Waals surface area contributed by atoms with Crippen molar-refractivity contribution in [3.63, 3.8) is 0 Å². The quantitative estimate of drug-likeness (QED) is 0.197. The number of carbonyl (C=O) groups excluding carboxylic acids is 3. The molecule has 4 fully saturated rings. The van der Waals surface area contributed by atoms with Crippen molar-refractivity contribution in [3.8, 4) is 0 Å². The topological polar surface area (TPSA) is 153 Å². The minimum Gasteiger partial charge on any atom is -0.479 e. The molecule has 0 aliphatic heterocycles. The summed E-state index contributed by atoms with van der Waals surface area (Å²) in [5, 5.41) is 11.9. The molecule has 50 heavy (non-hydrogen) atoms. The zero-order valence-electron chi connectivity index (χ0n) is 31.6. The zero-order valence-corrected chi connectivity index (χ0v) is 32.4. The molecule has 0 heterocycles. The Morgan fingerprint density at radius 3 is 2.24 bits per heavy atom. The van der Waals surface area contributed by atoms with E-state index in [-0.39, 0.29) is 76.1 Å². The van der Waals surface area contributed by atoms with Crippen LogP contribution in [0.4, 0.5) is 0 Å². The number of sulfone groups is 1. The average Bonchev–Trinajstić information content (AvgIpc) is 2.99. The van der Waals surface area contributed by atoms with Crippen LogP contribution in [-0.4, -0.2) is 68.6 Å². The third kappa shape index (κ3) is 6.78. The van der Waals surface area contributed by atoms with E-state index in [4.69, 9.17) is 9.47 Å². The average molecular weight is 720 g/mol. The highest BCUT2D eigenvalue weighted by Gasteiger charge is 2.69. The fourth-order valence-electron chi connectivity index (χ4n) is 12.0. The molecule has 0 radical (unpaired) electrons. The molecule has 0 aromatic rings. The Kier molecular flexibility index (Phi) is 10.2. The lowest BCUT2D eigenvalue weighted by Gasteiger charge is -2.71. The first kappa shape index (κ1) is 38.8. The molecule has 10 nitrogen and oxygen atoms in total. The maximum Gasteiger partial charge on any atom is 0.341 e. The largest absolute Gasteiger partial charge is 0.479 e. The molecule has 282 valence electrons. The van der Waals surface area contributed by atoms with E-state index in [1.165, 1.54) is 5.57 Å². The first-order valence-electron chi connectivity index (χ1n) is 18.7. The van der Waals surface area contributed by atoms with E-state index < -0.39 is 33.8 Å². The van der Waals surface area contributed by atoms with E-state index in [1.54, 1.807) is 0 Å². The molecule has 0 aromatic carbocycles. The van der Waals surface area contributed by atoms with Crippen LogP contribution in [0, 0.1) is 50.2 Å². The lowest BCUT2D eigenvalue weighted by atomic mass is 9.33. The second-order valence-electron chi connectivity index (χ2n) is 18.7. The van der Waals surface area contributed by atoms with Crippen LogP contribution >= 0.6 is 0 Å². The molecule has 0 spiro atoms.